The molecule has 1 heterocycles. The summed E-state index contributed by atoms with van der Waals surface area (Å²) in [4.78, 5) is 14.8. The van der Waals surface area contributed by atoms with Crippen molar-refractivity contribution in [2.24, 2.45) is 0 Å². The Morgan fingerprint density at radius 2 is 2.10 bits per heavy atom. The fourth-order valence-corrected chi connectivity index (χ4v) is 3.73. The van der Waals surface area contributed by atoms with E-state index in [-0.39, 0.29) is 5.91 Å². The van der Waals surface area contributed by atoms with Crippen LogP contribution in [-0.2, 0) is 19.4 Å². The van der Waals surface area contributed by atoms with Crippen molar-refractivity contribution in [3.63, 3.8) is 0 Å². The summed E-state index contributed by atoms with van der Waals surface area (Å²) in [5.74, 6) is -0.156. The summed E-state index contributed by atoms with van der Waals surface area (Å²) in [5, 5.41) is 2.91. The van der Waals surface area contributed by atoms with Gasteiger partial charge in [-0.3, -0.25) is 4.79 Å². The zero-order valence-corrected chi connectivity index (χ0v) is 11.9. The maximum absolute atomic E-state index is 12.1. The monoisotopic (exact) mass is 287 g/mol. The Kier molecular flexibility index (Phi) is 3.36. The van der Waals surface area contributed by atoms with Gasteiger partial charge in [-0.2, -0.15) is 0 Å². The maximum Gasteiger partial charge on any atom is 0.253 e. The van der Waals surface area contributed by atoms with Crippen molar-refractivity contribution in [1.29, 1.82) is 0 Å². The fraction of sp³-hybridized carbons (Fsp3) is 0.267. The Morgan fingerprint density at radius 1 is 1.25 bits per heavy atom. The molecule has 1 aliphatic carbocycles. The van der Waals surface area contributed by atoms with Crippen LogP contribution in [0.5, 0.6) is 0 Å². The van der Waals surface area contributed by atoms with Crippen molar-refractivity contribution < 1.29 is 4.79 Å². The van der Waals surface area contributed by atoms with E-state index < -0.39 is 0 Å². The molecule has 3 rings (SSSR count). The van der Waals surface area contributed by atoms with Gasteiger partial charge in [0.15, 0.2) is 0 Å². The molecule has 0 saturated carbocycles. The highest BCUT2D eigenvalue weighted by Gasteiger charge is 2.15. The molecule has 0 unspecified atom stereocenters. The molecular weight excluding hydrogens is 270 g/mol. The molecule has 0 radical (unpaired) electrons. The first-order valence-electron chi connectivity index (χ1n) is 6.67. The average Bonchev–Trinajstić information content (AvgIpc) is 2.96. The van der Waals surface area contributed by atoms with Gasteiger partial charge in [-0.1, -0.05) is 0 Å². The molecule has 4 nitrogen and oxygen atoms in total. The predicted octanol–water partition coefficient (Wildman–Crippen LogP) is 2.33. The standard InChI is InChI=1S/C15H17N3OS/c16-10-4-5-12(13(17)7-10)15(19)18-8-11-6-9-2-1-3-14(9)20-11/h4-7H,1-3,8,16-17H2,(H,18,19). The molecule has 0 aliphatic heterocycles. The van der Waals surface area contributed by atoms with Gasteiger partial charge in [0, 0.05) is 21.1 Å². The number of nitrogens with one attached hydrogen (secondary N) is 1. The van der Waals surface area contributed by atoms with Crippen LogP contribution in [0.15, 0.2) is 24.3 Å². The predicted molar refractivity (Wildman–Crippen MR) is 82.8 cm³/mol. The van der Waals surface area contributed by atoms with Crippen LogP contribution in [0.25, 0.3) is 0 Å². The Morgan fingerprint density at radius 3 is 2.85 bits per heavy atom. The van der Waals surface area contributed by atoms with E-state index in [4.69, 9.17) is 11.5 Å². The molecule has 104 valence electrons. The molecule has 5 N–H and O–H groups in total. The van der Waals surface area contributed by atoms with Crippen LogP contribution in [0, 0.1) is 0 Å². The lowest BCUT2D eigenvalue weighted by Gasteiger charge is -2.07. The number of aryl methyl sites for hydroxylation is 2. The number of carbonyl (C=O) groups is 1. The maximum atomic E-state index is 12.1. The molecule has 0 fully saturated rings. The summed E-state index contributed by atoms with van der Waals surface area (Å²) in [6.07, 6.45) is 3.61. The lowest BCUT2D eigenvalue weighted by molar-refractivity contribution is 0.0952. The first-order chi connectivity index (χ1) is 9.63. The minimum absolute atomic E-state index is 0.156. The summed E-state index contributed by atoms with van der Waals surface area (Å²) in [7, 11) is 0. The number of hydrogen-bond donors (Lipinski definition) is 3. The summed E-state index contributed by atoms with van der Waals surface area (Å²) in [5.41, 5.74) is 14.3. The van der Waals surface area contributed by atoms with Crippen LogP contribution < -0.4 is 16.8 Å². The van der Waals surface area contributed by atoms with Gasteiger partial charge < -0.3 is 16.8 Å². The number of nitrogen functional groups attached to an aromatic ring is 2. The second-order valence-electron chi connectivity index (χ2n) is 5.04. The first-order valence-corrected chi connectivity index (χ1v) is 7.49. The number of anilines is 2. The molecule has 2 aromatic rings. The van der Waals surface area contributed by atoms with E-state index in [0.29, 0.717) is 23.5 Å². The molecule has 0 saturated heterocycles. The topological polar surface area (TPSA) is 81.1 Å². The Labute approximate surface area is 121 Å². The van der Waals surface area contributed by atoms with E-state index in [1.54, 1.807) is 29.5 Å². The molecular formula is C15H17N3OS. The molecule has 5 heteroatoms. The summed E-state index contributed by atoms with van der Waals surface area (Å²) in [6.45, 7) is 0.556. The van der Waals surface area contributed by atoms with Crippen molar-refractivity contribution in [2.45, 2.75) is 25.8 Å². The van der Waals surface area contributed by atoms with Crippen molar-refractivity contribution in [3.8, 4) is 0 Å². The number of fused-ring (bicyclic) bond motifs is 1. The Balaban J connectivity index is 1.66. The Hall–Kier alpha value is -2.01. The largest absolute Gasteiger partial charge is 0.399 e. The molecule has 0 bridgehead atoms. The summed E-state index contributed by atoms with van der Waals surface area (Å²) < 4.78 is 0. The van der Waals surface area contributed by atoms with Gasteiger partial charge >= 0.3 is 0 Å². The zero-order valence-electron chi connectivity index (χ0n) is 11.1. The van der Waals surface area contributed by atoms with Gasteiger partial charge in [-0.15, -0.1) is 11.3 Å². The molecule has 1 aliphatic rings. The lowest BCUT2D eigenvalue weighted by Crippen LogP contribution is -2.23. The first kappa shape index (κ1) is 13.0. The highest BCUT2D eigenvalue weighted by atomic mass is 32.1. The van der Waals surface area contributed by atoms with Gasteiger partial charge in [0.05, 0.1) is 12.1 Å². The highest BCUT2D eigenvalue weighted by Crippen LogP contribution is 2.30. The van der Waals surface area contributed by atoms with Gasteiger partial charge in [0.2, 0.25) is 0 Å². The number of carbonyl (C=O) groups excluding carboxylic acids is 1. The molecule has 0 atom stereocenters. The summed E-state index contributed by atoms with van der Waals surface area (Å²) >= 11 is 1.80. The van der Waals surface area contributed by atoms with Crippen LogP contribution in [0.1, 0.15) is 32.1 Å². The zero-order chi connectivity index (χ0) is 14.1. The van der Waals surface area contributed by atoms with Crippen LogP contribution in [0.4, 0.5) is 11.4 Å². The SMILES string of the molecule is Nc1ccc(C(=O)NCc2cc3c(s2)CCC3)c(N)c1. The lowest BCUT2D eigenvalue weighted by atomic mass is 10.1. The number of nitrogens with two attached hydrogens (primary N) is 2. The molecule has 1 aromatic heterocycles. The van der Waals surface area contributed by atoms with Crippen LogP contribution in [0.2, 0.25) is 0 Å². The van der Waals surface area contributed by atoms with Crippen molar-refractivity contribution in [2.75, 3.05) is 11.5 Å². The van der Waals surface area contributed by atoms with E-state index in [1.165, 1.54) is 34.6 Å². The van der Waals surface area contributed by atoms with Crippen molar-refractivity contribution in [1.82, 2.24) is 5.32 Å². The van der Waals surface area contributed by atoms with Crippen LogP contribution >= 0.6 is 11.3 Å². The minimum atomic E-state index is -0.156. The number of thiophene rings is 1. The molecule has 1 aromatic carbocycles. The number of amides is 1. The average molecular weight is 287 g/mol. The van der Waals surface area contributed by atoms with E-state index >= 15 is 0 Å². The number of hydrogen-bond acceptors (Lipinski definition) is 4. The van der Waals surface area contributed by atoms with E-state index in [2.05, 4.69) is 11.4 Å². The fourth-order valence-electron chi connectivity index (χ4n) is 2.53. The third-order valence-corrected chi connectivity index (χ3v) is 4.78. The van der Waals surface area contributed by atoms with E-state index in [9.17, 15) is 4.79 Å². The van der Waals surface area contributed by atoms with E-state index in [1.807, 2.05) is 0 Å². The van der Waals surface area contributed by atoms with Gasteiger partial charge in [0.1, 0.15) is 0 Å². The van der Waals surface area contributed by atoms with Crippen LogP contribution in [-0.4, -0.2) is 5.91 Å². The quantitative estimate of drug-likeness (QED) is 0.758. The number of rotatable bonds is 3. The normalized spacial score (nSPS) is 13.2. The number of benzene rings is 1. The molecule has 20 heavy (non-hydrogen) atoms. The highest BCUT2D eigenvalue weighted by molar-refractivity contribution is 7.12. The summed E-state index contributed by atoms with van der Waals surface area (Å²) in [6, 6.07) is 7.16. The molecule has 1 amide bonds. The van der Waals surface area contributed by atoms with Crippen molar-refractivity contribution in [3.05, 3.63) is 45.1 Å². The van der Waals surface area contributed by atoms with Gasteiger partial charge in [-0.05, 0) is 49.1 Å². The second kappa shape index (κ2) is 5.17. The van der Waals surface area contributed by atoms with E-state index in [0.717, 1.165) is 0 Å². The van der Waals surface area contributed by atoms with Crippen molar-refractivity contribution >= 4 is 28.6 Å². The van der Waals surface area contributed by atoms with Crippen LogP contribution in [0.3, 0.4) is 0 Å². The third-order valence-electron chi connectivity index (χ3n) is 3.54. The van der Waals surface area contributed by atoms with Gasteiger partial charge in [0.25, 0.3) is 5.91 Å². The smallest absolute Gasteiger partial charge is 0.253 e. The third kappa shape index (κ3) is 2.49. The van der Waals surface area contributed by atoms with Gasteiger partial charge in [-0.25, -0.2) is 0 Å². The Bertz CT molecular complexity index is 642. The second-order valence-corrected chi connectivity index (χ2v) is 6.27. The minimum Gasteiger partial charge on any atom is -0.399 e. The molecule has 0 spiro atoms.